The molecule has 1 aromatic carbocycles. The number of halogens is 1. The molecule has 3 rings (SSSR count). The third-order valence-electron chi connectivity index (χ3n) is 3.90. The fraction of sp³-hybridized carbons (Fsp3) is 0.412. The maximum absolute atomic E-state index is 13.1. The predicted octanol–water partition coefficient (Wildman–Crippen LogP) is 2.82. The molecule has 2 aromatic rings. The van der Waals surface area contributed by atoms with Gasteiger partial charge in [0.2, 0.25) is 0 Å². The van der Waals surface area contributed by atoms with E-state index in [2.05, 4.69) is 29.0 Å². The standard InChI is InChI=1S/C17H21FN4/c1-12(2)16-15(22-9-7-19-8-10-22)11-20-17(21-16)13-3-5-14(18)6-4-13/h3-6,11-12,19H,7-10H2,1-2H3. The van der Waals surface area contributed by atoms with Crippen molar-refractivity contribution in [3.8, 4) is 11.4 Å². The van der Waals surface area contributed by atoms with Crippen molar-refractivity contribution >= 4 is 5.69 Å². The van der Waals surface area contributed by atoms with Crippen molar-refractivity contribution in [1.29, 1.82) is 0 Å². The molecule has 1 fully saturated rings. The lowest BCUT2D eigenvalue weighted by Gasteiger charge is -2.31. The van der Waals surface area contributed by atoms with Gasteiger partial charge in [-0.1, -0.05) is 13.8 Å². The Labute approximate surface area is 130 Å². The third-order valence-corrected chi connectivity index (χ3v) is 3.90. The molecule has 0 unspecified atom stereocenters. The molecule has 0 radical (unpaired) electrons. The number of rotatable bonds is 3. The normalized spacial score (nSPS) is 15.4. The lowest BCUT2D eigenvalue weighted by atomic mass is 10.1. The number of hydrogen-bond donors (Lipinski definition) is 1. The van der Waals surface area contributed by atoms with E-state index in [4.69, 9.17) is 4.98 Å². The van der Waals surface area contributed by atoms with Crippen LogP contribution in [0.1, 0.15) is 25.5 Å². The van der Waals surface area contributed by atoms with E-state index in [9.17, 15) is 4.39 Å². The van der Waals surface area contributed by atoms with E-state index in [0.29, 0.717) is 11.7 Å². The monoisotopic (exact) mass is 300 g/mol. The van der Waals surface area contributed by atoms with E-state index >= 15 is 0 Å². The summed E-state index contributed by atoms with van der Waals surface area (Å²) < 4.78 is 13.1. The molecule has 1 N–H and O–H groups in total. The lowest BCUT2D eigenvalue weighted by molar-refractivity contribution is 0.584. The minimum atomic E-state index is -0.245. The first-order chi connectivity index (χ1) is 10.6. The number of anilines is 1. The molecule has 0 atom stereocenters. The quantitative estimate of drug-likeness (QED) is 0.946. The minimum Gasteiger partial charge on any atom is -0.366 e. The van der Waals surface area contributed by atoms with Gasteiger partial charge in [0.05, 0.1) is 17.6 Å². The number of benzene rings is 1. The fourth-order valence-corrected chi connectivity index (χ4v) is 2.70. The number of nitrogens with one attached hydrogen (secondary N) is 1. The summed E-state index contributed by atoms with van der Waals surface area (Å²) in [5.74, 6) is 0.722. The molecule has 0 amide bonds. The minimum absolute atomic E-state index is 0.245. The average Bonchev–Trinajstić information content (AvgIpc) is 2.56. The zero-order valence-corrected chi connectivity index (χ0v) is 13.0. The molecule has 1 aromatic heterocycles. The highest BCUT2D eigenvalue weighted by molar-refractivity contribution is 5.59. The molecule has 5 heteroatoms. The van der Waals surface area contributed by atoms with Gasteiger partial charge < -0.3 is 10.2 Å². The van der Waals surface area contributed by atoms with E-state index in [1.54, 1.807) is 12.1 Å². The van der Waals surface area contributed by atoms with Crippen LogP contribution >= 0.6 is 0 Å². The molecule has 1 aliphatic heterocycles. The highest BCUT2D eigenvalue weighted by Crippen LogP contribution is 2.28. The summed E-state index contributed by atoms with van der Waals surface area (Å²) in [6, 6.07) is 6.33. The van der Waals surface area contributed by atoms with Crippen molar-refractivity contribution < 1.29 is 4.39 Å². The van der Waals surface area contributed by atoms with Gasteiger partial charge in [0.1, 0.15) is 5.82 Å². The van der Waals surface area contributed by atoms with Crippen molar-refractivity contribution in [2.45, 2.75) is 19.8 Å². The highest BCUT2D eigenvalue weighted by Gasteiger charge is 2.18. The molecular weight excluding hydrogens is 279 g/mol. The van der Waals surface area contributed by atoms with Gasteiger partial charge >= 0.3 is 0 Å². The molecule has 0 saturated carbocycles. The molecule has 2 heterocycles. The second-order valence-corrected chi connectivity index (χ2v) is 5.86. The number of nitrogens with zero attached hydrogens (tertiary/aromatic N) is 3. The first-order valence-corrected chi connectivity index (χ1v) is 7.73. The lowest BCUT2D eigenvalue weighted by Crippen LogP contribution is -2.44. The maximum atomic E-state index is 13.1. The Morgan fingerprint density at radius 2 is 1.82 bits per heavy atom. The Bertz CT molecular complexity index is 634. The van der Waals surface area contributed by atoms with Crippen molar-refractivity contribution in [1.82, 2.24) is 15.3 Å². The van der Waals surface area contributed by atoms with E-state index in [0.717, 1.165) is 43.1 Å². The largest absolute Gasteiger partial charge is 0.366 e. The van der Waals surface area contributed by atoms with Crippen LogP contribution in [-0.4, -0.2) is 36.1 Å². The van der Waals surface area contributed by atoms with Gasteiger partial charge in [-0.15, -0.1) is 0 Å². The SMILES string of the molecule is CC(C)c1nc(-c2ccc(F)cc2)ncc1N1CCNCC1. The van der Waals surface area contributed by atoms with Gasteiger partial charge in [0, 0.05) is 31.7 Å². The maximum Gasteiger partial charge on any atom is 0.159 e. The second kappa shape index (κ2) is 6.40. The van der Waals surface area contributed by atoms with Crippen LogP contribution in [0.4, 0.5) is 10.1 Å². The Morgan fingerprint density at radius 3 is 2.45 bits per heavy atom. The summed E-state index contributed by atoms with van der Waals surface area (Å²) in [5.41, 5.74) is 3.01. The molecule has 0 bridgehead atoms. The summed E-state index contributed by atoms with van der Waals surface area (Å²) >= 11 is 0. The van der Waals surface area contributed by atoms with E-state index in [1.165, 1.54) is 12.1 Å². The molecular formula is C17H21FN4. The summed E-state index contributed by atoms with van der Waals surface area (Å²) in [5, 5.41) is 3.36. The molecule has 4 nitrogen and oxygen atoms in total. The predicted molar refractivity (Wildman–Crippen MR) is 86.6 cm³/mol. The molecule has 0 aliphatic carbocycles. The second-order valence-electron chi connectivity index (χ2n) is 5.86. The van der Waals surface area contributed by atoms with Crippen molar-refractivity contribution in [2.75, 3.05) is 31.1 Å². The fourth-order valence-electron chi connectivity index (χ4n) is 2.70. The van der Waals surface area contributed by atoms with Crippen LogP contribution in [0.2, 0.25) is 0 Å². The van der Waals surface area contributed by atoms with Crippen LogP contribution in [0.5, 0.6) is 0 Å². The number of aromatic nitrogens is 2. The zero-order valence-electron chi connectivity index (χ0n) is 13.0. The third kappa shape index (κ3) is 3.09. The van der Waals surface area contributed by atoms with Crippen molar-refractivity contribution in [3.05, 3.63) is 42.0 Å². The molecule has 116 valence electrons. The van der Waals surface area contributed by atoms with Crippen LogP contribution in [0.15, 0.2) is 30.5 Å². The van der Waals surface area contributed by atoms with Crippen molar-refractivity contribution in [2.24, 2.45) is 0 Å². The van der Waals surface area contributed by atoms with Gasteiger partial charge in [-0.3, -0.25) is 0 Å². The molecule has 1 saturated heterocycles. The Kier molecular flexibility index (Phi) is 4.34. The Morgan fingerprint density at radius 1 is 1.14 bits per heavy atom. The Hall–Kier alpha value is -2.01. The zero-order chi connectivity index (χ0) is 15.5. The molecule has 1 aliphatic rings. The van der Waals surface area contributed by atoms with E-state index in [-0.39, 0.29) is 5.82 Å². The van der Waals surface area contributed by atoms with Crippen LogP contribution < -0.4 is 10.2 Å². The van der Waals surface area contributed by atoms with Crippen LogP contribution in [0, 0.1) is 5.82 Å². The average molecular weight is 300 g/mol. The summed E-state index contributed by atoms with van der Waals surface area (Å²) in [6.45, 7) is 8.19. The Balaban J connectivity index is 1.97. The molecule has 22 heavy (non-hydrogen) atoms. The van der Waals surface area contributed by atoms with E-state index in [1.807, 2.05) is 6.20 Å². The summed E-state index contributed by atoms with van der Waals surface area (Å²) in [4.78, 5) is 11.6. The summed E-state index contributed by atoms with van der Waals surface area (Å²) in [7, 11) is 0. The topological polar surface area (TPSA) is 41.1 Å². The molecule has 0 spiro atoms. The van der Waals surface area contributed by atoms with Gasteiger partial charge in [-0.25, -0.2) is 14.4 Å². The highest BCUT2D eigenvalue weighted by atomic mass is 19.1. The van der Waals surface area contributed by atoms with Crippen LogP contribution in [0.25, 0.3) is 11.4 Å². The van der Waals surface area contributed by atoms with Crippen LogP contribution in [0.3, 0.4) is 0 Å². The smallest absolute Gasteiger partial charge is 0.159 e. The van der Waals surface area contributed by atoms with Crippen molar-refractivity contribution in [3.63, 3.8) is 0 Å². The van der Waals surface area contributed by atoms with Gasteiger partial charge in [-0.05, 0) is 30.2 Å². The van der Waals surface area contributed by atoms with Gasteiger partial charge in [0.25, 0.3) is 0 Å². The number of piperazine rings is 1. The van der Waals surface area contributed by atoms with Crippen LogP contribution in [-0.2, 0) is 0 Å². The summed E-state index contributed by atoms with van der Waals surface area (Å²) in [6.07, 6.45) is 1.91. The van der Waals surface area contributed by atoms with Gasteiger partial charge in [-0.2, -0.15) is 0 Å². The first kappa shape index (κ1) is 14.9. The van der Waals surface area contributed by atoms with Gasteiger partial charge in [0.15, 0.2) is 5.82 Å². The first-order valence-electron chi connectivity index (χ1n) is 7.73. The number of hydrogen-bond acceptors (Lipinski definition) is 4. The van der Waals surface area contributed by atoms with E-state index < -0.39 is 0 Å².